The molecule has 0 radical (unpaired) electrons. The summed E-state index contributed by atoms with van der Waals surface area (Å²) in [5.74, 6) is 1.22. The molecule has 2 aromatic rings. The summed E-state index contributed by atoms with van der Waals surface area (Å²) in [6.45, 7) is 1.44. The molecule has 1 aliphatic carbocycles. The average molecular weight is 324 g/mol. The Kier molecular flexibility index (Phi) is 4.89. The van der Waals surface area contributed by atoms with Crippen molar-refractivity contribution in [2.24, 2.45) is 0 Å². The van der Waals surface area contributed by atoms with Crippen molar-refractivity contribution in [3.05, 3.63) is 59.7 Å². The highest BCUT2D eigenvalue weighted by Gasteiger charge is 2.36. The standard InChI is InChI=1S/C21H24O3/c1-16(22)24-20-11-7-9-18(15-20)21(12-4-3-5-13-21)17-8-6-10-19(14-17)23-2/h6-11,14-15H,3-5,12-13H2,1-2H3. The second-order valence-corrected chi connectivity index (χ2v) is 6.50. The lowest BCUT2D eigenvalue weighted by Gasteiger charge is -2.39. The minimum Gasteiger partial charge on any atom is -0.497 e. The second kappa shape index (κ2) is 7.08. The zero-order valence-corrected chi connectivity index (χ0v) is 14.4. The summed E-state index contributed by atoms with van der Waals surface area (Å²) >= 11 is 0. The van der Waals surface area contributed by atoms with E-state index in [4.69, 9.17) is 9.47 Å². The highest BCUT2D eigenvalue weighted by molar-refractivity contribution is 5.69. The highest BCUT2D eigenvalue weighted by Crippen LogP contribution is 2.46. The molecule has 0 N–H and O–H groups in total. The van der Waals surface area contributed by atoms with E-state index < -0.39 is 0 Å². The smallest absolute Gasteiger partial charge is 0.308 e. The fourth-order valence-corrected chi connectivity index (χ4v) is 3.84. The summed E-state index contributed by atoms with van der Waals surface area (Å²) in [5.41, 5.74) is 2.46. The van der Waals surface area contributed by atoms with E-state index in [1.54, 1.807) is 7.11 Å². The first-order valence-corrected chi connectivity index (χ1v) is 8.57. The van der Waals surface area contributed by atoms with Crippen LogP contribution in [0.5, 0.6) is 11.5 Å². The molecule has 126 valence electrons. The number of esters is 1. The van der Waals surface area contributed by atoms with E-state index in [0.29, 0.717) is 5.75 Å². The van der Waals surface area contributed by atoms with Crippen LogP contribution in [0.4, 0.5) is 0 Å². The summed E-state index contributed by atoms with van der Waals surface area (Å²) in [7, 11) is 1.70. The molecule has 3 nitrogen and oxygen atoms in total. The van der Waals surface area contributed by atoms with Crippen LogP contribution in [0.15, 0.2) is 48.5 Å². The van der Waals surface area contributed by atoms with Gasteiger partial charge in [-0.05, 0) is 48.2 Å². The topological polar surface area (TPSA) is 35.5 Å². The molecule has 0 heterocycles. The van der Waals surface area contributed by atoms with Gasteiger partial charge in [0.25, 0.3) is 0 Å². The third-order valence-electron chi connectivity index (χ3n) is 4.98. The lowest BCUT2D eigenvalue weighted by Crippen LogP contribution is -2.30. The number of hydrogen-bond donors (Lipinski definition) is 0. The summed E-state index contributed by atoms with van der Waals surface area (Å²) in [5, 5.41) is 0. The average Bonchev–Trinajstić information content (AvgIpc) is 2.62. The SMILES string of the molecule is COc1cccc(C2(c3cccc(OC(C)=O)c3)CCCCC2)c1. The normalized spacial score (nSPS) is 16.4. The molecule has 0 unspecified atom stereocenters. The highest BCUT2D eigenvalue weighted by atomic mass is 16.5. The van der Waals surface area contributed by atoms with Gasteiger partial charge in [0.15, 0.2) is 0 Å². The molecule has 0 spiro atoms. The Labute approximate surface area is 143 Å². The predicted octanol–water partition coefficient (Wildman–Crippen LogP) is 4.87. The lowest BCUT2D eigenvalue weighted by atomic mass is 9.65. The second-order valence-electron chi connectivity index (χ2n) is 6.50. The van der Waals surface area contributed by atoms with Crippen molar-refractivity contribution in [3.8, 4) is 11.5 Å². The minimum absolute atomic E-state index is 0.0387. The Balaban J connectivity index is 2.07. The van der Waals surface area contributed by atoms with E-state index >= 15 is 0 Å². The molecule has 3 rings (SSSR count). The number of benzene rings is 2. The summed E-state index contributed by atoms with van der Waals surface area (Å²) in [6, 6.07) is 16.4. The third kappa shape index (κ3) is 3.30. The molecular formula is C21H24O3. The van der Waals surface area contributed by atoms with Crippen LogP contribution in [0.2, 0.25) is 0 Å². The summed E-state index contributed by atoms with van der Waals surface area (Å²) in [6.07, 6.45) is 5.88. The van der Waals surface area contributed by atoms with Crippen molar-refractivity contribution >= 4 is 5.97 Å². The molecule has 0 atom stereocenters. The Morgan fingerprint density at radius 1 is 0.917 bits per heavy atom. The number of hydrogen-bond acceptors (Lipinski definition) is 3. The fraction of sp³-hybridized carbons (Fsp3) is 0.381. The van der Waals surface area contributed by atoms with E-state index in [1.165, 1.54) is 37.3 Å². The number of methoxy groups -OCH3 is 1. The molecule has 0 aromatic heterocycles. The van der Waals surface area contributed by atoms with Crippen LogP contribution in [0.3, 0.4) is 0 Å². The van der Waals surface area contributed by atoms with Crippen LogP contribution >= 0.6 is 0 Å². The Hall–Kier alpha value is -2.29. The van der Waals surface area contributed by atoms with Gasteiger partial charge >= 0.3 is 5.97 Å². The number of carbonyl (C=O) groups excluding carboxylic acids is 1. The Morgan fingerprint density at radius 2 is 1.50 bits per heavy atom. The lowest BCUT2D eigenvalue weighted by molar-refractivity contribution is -0.131. The van der Waals surface area contributed by atoms with Crippen molar-refractivity contribution in [2.75, 3.05) is 7.11 Å². The predicted molar refractivity (Wildman–Crippen MR) is 94.6 cm³/mol. The molecule has 1 saturated carbocycles. The van der Waals surface area contributed by atoms with Gasteiger partial charge in [-0.3, -0.25) is 4.79 Å². The minimum atomic E-state index is -0.286. The molecular weight excluding hydrogens is 300 g/mol. The number of carbonyl (C=O) groups is 1. The molecule has 1 aliphatic rings. The first kappa shape index (κ1) is 16.6. The van der Waals surface area contributed by atoms with Crippen LogP contribution < -0.4 is 9.47 Å². The Bertz CT molecular complexity index is 715. The molecule has 1 fully saturated rings. The van der Waals surface area contributed by atoms with Gasteiger partial charge < -0.3 is 9.47 Å². The van der Waals surface area contributed by atoms with Gasteiger partial charge in [-0.2, -0.15) is 0 Å². The maximum atomic E-state index is 11.3. The van der Waals surface area contributed by atoms with Crippen LogP contribution in [-0.2, 0) is 10.2 Å². The van der Waals surface area contributed by atoms with Crippen LogP contribution in [0.1, 0.15) is 50.2 Å². The maximum Gasteiger partial charge on any atom is 0.308 e. The molecule has 0 bridgehead atoms. The number of ether oxygens (including phenoxy) is 2. The molecule has 0 saturated heterocycles. The van der Waals surface area contributed by atoms with E-state index in [0.717, 1.165) is 18.6 Å². The van der Waals surface area contributed by atoms with Crippen molar-refractivity contribution < 1.29 is 14.3 Å². The molecule has 0 amide bonds. The van der Waals surface area contributed by atoms with E-state index in [-0.39, 0.29) is 11.4 Å². The quantitative estimate of drug-likeness (QED) is 0.594. The van der Waals surface area contributed by atoms with Gasteiger partial charge in [-0.15, -0.1) is 0 Å². The molecule has 2 aromatic carbocycles. The van der Waals surface area contributed by atoms with Crippen LogP contribution in [0.25, 0.3) is 0 Å². The van der Waals surface area contributed by atoms with Gasteiger partial charge in [0, 0.05) is 12.3 Å². The van der Waals surface area contributed by atoms with Crippen molar-refractivity contribution in [1.82, 2.24) is 0 Å². The van der Waals surface area contributed by atoms with E-state index in [9.17, 15) is 4.79 Å². The van der Waals surface area contributed by atoms with Crippen molar-refractivity contribution in [2.45, 2.75) is 44.4 Å². The number of rotatable bonds is 4. The molecule has 24 heavy (non-hydrogen) atoms. The monoisotopic (exact) mass is 324 g/mol. The van der Waals surface area contributed by atoms with Gasteiger partial charge in [-0.1, -0.05) is 43.5 Å². The van der Waals surface area contributed by atoms with Crippen LogP contribution in [-0.4, -0.2) is 13.1 Å². The summed E-state index contributed by atoms with van der Waals surface area (Å²) < 4.78 is 10.7. The maximum absolute atomic E-state index is 11.3. The Morgan fingerprint density at radius 3 is 2.08 bits per heavy atom. The van der Waals surface area contributed by atoms with Gasteiger partial charge in [0.1, 0.15) is 11.5 Å². The van der Waals surface area contributed by atoms with Gasteiger partial charge in [-0.25, -0.2) is 0 Å². The summed E-state index contributed by atoms with van der Waals surface area (Å²) in [4.78, 5) is 11.3. The fourth-order valence-electron chi connectivity index (χ4n) is 3.84. The molecule has 0 aliphatic heterocycles. The van der Waals surface area contributed by atoms with Crippen molar-refractivity contribution in [3.63, 3.8) is 0 Å². The molecule has 3 heteroatoms. The van der Waals surface area contributed by atoms with Gasteiger partial charge in [0.05, 0.1) is 7.11 Å². The zero-order valence-electron chi connectivity index (χ0n) is 14.4. The largest absolute Gasteiger partial charge is 0.497 e. The van der Waals surface area contributed by atoms with Gasteiger partial charge in [0.2, 0.25) is 0 Å². The first-order valence-electron chi connectivity index (χ1n) is 8.57. The van der Waals surface area contributed by atoms with Crippen molar-refractivity contribution in [1.29, 1.82) is 0 Å². The third-order valence-corrected chi connectivity index (χ3v) is 4.98. The van der Waals surface area contributed by atoms with E-state index in [2.05, 4.69) is 24.3 Å². The van der Waals surface area contributed by atoms with Crippen LogP contribution in [0, 0.1) is 0 Å². The van der Waals surface area contributed by atoms with E-state index in [1.807, 2.05) is 24.3 Å². The first-order chi connectivity index (χ1) is 11.6. The zero-order chi connectivity index (χ0) is 17.0.